The van der Waals surface area contributed by atoms with Crippen molar-refractivity contribution < 1.29 is 9.21 Å². The first-order chi connectivity index (χ1) is 9.61. The van der Waals surface area contributed by atoms with Crippen molar-refractivity contribution in [1.29, 1.82) is 0 Å². The minimum absolute atomic E-state index is 0.0191. The lowest BCUT2D eigenvalue weighted by atomic mass is 9.84. The monoisotopic (exact) mass is 273 g/mol. The molecule has 2 bridgehead atoms. The lowest BCUT2D eigenvalue weighted by molar-refractivity contribution is -0.117. The number of furan rings is 1. The Labute approximate surface area is 120 Å². The van der Waals surface area contributed by atoms with Crippen molar-refractivity contribution >= 4 is 12.0 Å². The maximum atomic E-state index is 12.0. The van der Waals surface area contributed by atoms with Crippen LogP contribution >= 0.6 is 0 Å². The van der Waals surface area contributed by atoms with E-state index in [4.69, 9.17) is 4.42 Å². The number of hydrogen-bond donors (Lipinski definition) is 1. The Morgan fingerprint density at radius 3 is 2.85 bits per heavy atom. The summed E-state index contributed by atoms with van der Waals surface area (Å²) >= 11 is 0. The highest BCUT2D eigenvalue weighted by atomic mass is 16.3. The topological polar surface area (TPSA) is 42.2 Å². The molecule has 1 aromatic rings. The van der Waals surface area contributed by atoms with E-state index in [1.54, 1.807) is 12.2 Å². The van der Waals surface area contributed by atoms with Crippen molar-refractivity contribution in [2.24, 2.45) is 17.8 Å². The number of carbonyl (C=O) groups excluding carboxylic acids is 1. The third-order valence-electron chi connectivity index (χ3n) is 4.97. The van der Waals surface area contributed by atoms with E-state index in [-0.39, 0.29) is 11.9 Å². The maximum absolute atomic E-state index is 12.0. The van der Waals surface area contributed by atoms with Gasteiger partial charge in [0.15, 0.2) is 0 Å². The van der Waals surface area contributed by atoms with Crippen LogP contribution in [0.2, 0.25) is 0 Å². The SMILES string of the molecule is Cc1ccc(/C=C/C(=O)N[C@H](C)[C@@H]2C[C@H]3CC[C@H]2C3)o1. The van der Waals surface area contributed by atoms with Gasteiger partial charge in [-0.15, -0.1) is 0 Å². The highest BCUT2D eigenvalue weighted by Gasteiger charge is 2.41. The second-order valence-corrected chi connectivity index (χ2v) is 6.42. The van der Waals surface area contributed by atoms with Crippen molar-refractivity contribution in [2.75, 3.05) is 0 Å². The van der Waals surface area contributed by atoms with Crippen molar-refractivity contribution in [1.82, 2.24) is 5.32 Å². The largest absolute Gasteiger partial charge is 0.462 e. The first-order valence-electron chi connectivity index (χ1n) is 7.67. The van der Waals surface area contributed by atoms with Gasteiger partial charge in [0, 0.05) is 12.1 Å². The highest BCUT2D eigenvalue weighted by molar-refractivity contribution is 5.91. The lowest BCUT2D eigenvalue weighted by Gasteiger charge is -2.28. The Morgan fingerprint density at radius 2 is 2.25 bits per heavy atom. The van der Waals surface area contributed by atoms with Crippen LogP contribution in [0.1, 0.15) is 44.1 Å². The van der Waals surface area contributed by atoms with Crippen LogP contribution in [0.15, 0.2) is 22.6 Å². The molecule has 2 saturated carbocycles. The summed E-state index contributed by atoms with van der Waals surface area (Å²) in [5.41, 5.74) is 0. The second-order valence-electron chi connectivity index (χ2n) is 6.42. The zero-order valence-corrected chi connectivity index (χ0v) is 12.3. The van der Waals surface area contributed by atoms with E-state index in [9.17, 15) is 4.79 Å². The molecule has 0 unspecified atom stereocenters. The Hall–Kier alpha value is -1.51. The molecule has 1 aromatic heterocycles. The van der Waals surface area contributed by atoms with E-state index in [1.165, 1.54) is 25.7 Å². The van der Waals surface area contributed by atoms with Gasteiger partial charge in [-0.1, -0.05) is 6.42 Å². The average molecular weight is 273 g/mol. The molecule has 2 aliphatic rings. The predicted molar refractivity (Wildman–Crippen MR) is 79.0 cm³/mol. The summed E-state index contributed by atoms with van der Waals surface area (Å²) in [5, 5.41) is 3.12. The van der Waals surface area contributed by atoms with E-state index >= 15 is 0 Å². The number of aryl methyl sites for hydroxylation is 1. The van der Waals surface area contributed by atoms with Crippen LogP contribution in [0.5, 0.6) is 0 Å². The minimum Gasteiger partial charge on any atom is -0.462 e. The first kappa shape index (κ1) is 13.5. The molecule has 1 N–H and O–H groups in total. The van der Waals surface area contributed by atoms with Gasteiger partial charge in [0.05, 0.1) is 0 Å². The molecule has 2 aliphatic carbocycles. The van der Waals surface area contributed by atoms with Crippen LogP contribution < -0.4 is 5.32 Å². The van der Waals surface area contributed by atoms with Gasteiger partial charge in [-0.2, -0.15) is 0 Å². The molecular formula is C17H23NO2. The summed E-state index contributed by atoms with van der Waals surface area (Å²) in [6.45, 7) is 4.04. The van der Waals surface area contributed by atoms with Gasteiger partial charge < -0.3 is 9.73 Å². The molecule has 3 nitrogen and oxygen atoms in total. The van der Waals surface area contributed by atoms with Crippen LogP contribution in [0.4, 0.5) is 0 Å². The van der Waals surface area contributed by atoms with Crippen molar-refractivity contribution in [3.63, 3.8) is 0 Å². The van der Waals surface area contributed by atoms with Crippen LogP contribution in [-0.2, 0) is 4.79 Å². The molecule has 3 rings (SSSR count). The normalized spacial score (nSPS) is 30.0. The smallest absolute Gasteiger partial charge is 0.244 e. The summed E-state index contributed by atoms with van der Waals surface area (Å²) in [6.07, 6.45) is 8.74. The zero-order valence-electron chi connectivity index (χ0n) is 12.3. The van der Waals surface area contributed by atoms with Gasteiger partial charge in [0.1, 0.15) is 11.5 Å². The molecule has 0 saturated heterocycles. The highest BCUT2D eigenvalue weighted by Crippen LogP contribution is 2.49. The number of nitrogens with one attached hydrogen (secondary N) is 1. The van der Waals surface area contributed by atoms with Gasteiger partial charge in [0.2, 0.25) is 5.91 Å². The molecule has 1 heterocycles. The zero-order chi connectivity index (χ0) is 14.1. The van der Waals surface area contributed by atoms with Crippen LogP contribution in [-0.4, -0.2) is 11.9 Å². The lowest BCUT2D eigenvalue weighted by Crippen LogP contribution is -2.39. The van der Waals surface area contributed by atoms with E-state index in [0.29, 0.717) is 5.92 Å². The summed E-state index contributed by atoms with van der Waals surface area (Å²) in [5.74, 6) is 4.01. The van der Waals surface area contributed by atoms with Gasteiger partial charge in [-0.3, -0.25) is 4.79 Å². The third-order valence-corrected chi connectivity index (χ3v) is 4.97. The molecule has 3 heteroatoms. The average Bonchev–Trinajstić information content (AvgIpc) is 3.12. The van der Waals surface area contributed by atoms with E-state index in [1.807, 2.05) is 19.1 Å². The Kier molecular flexibility index (Phi) is 3.68. The van der Waals surface area contributed by atoms with E-state index < -0.39 is 0 Å². The van der Waals surface area contributed by atoms with Crippen molar-refractivity contribution in [3.05, 3.63) is 29.7 Å². The van der Waals surface area contributed by atoms with Crippen LogP contribution in [0.3, 0.4) is 0 Å². The molecule has 0 spiro atoms. The fourth-order valence-electron chi connectivity index (χ4n) is 3.99. The Balaban J connectivity index is 1.52. The molecule has 0 aromatic carbocycles. The van der Waals surface area contributed by atoms with Crippen LogP contribution in [0.25, 0.3) is 6.08 Å². The number of hydrogen-bond acceptors (Lipinski definition) is 2. The van der Waals surface area contributed by atoms with Gasteiger partial charge >= 0.3 is 0 Å². The summed E-state index contributed by atoms with van der Waals surface area (Å²) in [4.78, 5) is 12.0. The fourth-order valence-corrected chi connectivity index (χ4v) is 3.99. The van der Waals surface area contributed by atoms with Crippen molar-refractivity contribution in [3.8, 4) is 0 Å². The Morgan fingerprint density at radius 1 is 1.40 bits per heavy atom. The molecule has 20 heavy (non-hydrogen) atoms. The fraction of sp³-hybridized carbons (Fsp3) is 0.588. The summed E-state index contributed by atoms with van der Waals surface area (Å²) < 4.78 is 5.41. The minimum atomic E-state index is -0.0191. The maximum Gasteiger partial charge on any atom is 0.244 e. The third kappa shape index (κ3) is 2.82. The summed E-state index contributed by atoms with van der Waals surface area (Å²) in [7, 11) is 0. The standard InChI is InChI=1S/C17H23NO2/c1-11-3-6-15(20-11)7-8-17(19)18-12(2)16-10-13-4-5-14(16)9-13/h3,6-8,12-14,16H,4-5,9-10H2,1-2H3,(H,18,19)/b8-7+/t12-,13+,14+,16+/m1/s1. The van der Waals surface area contributed by atoms with E-state index in [0.717, 1.165) is 23.4 Å². The molecule has 0 aliphatic heterocycles. The molecule has 0 radical (unpaired) electrons. The molecule has 2 fully saturated rings. The number of fused-ring (bicyclic) bond motifs is 2. The first-order valence-corrected chi connectivity index (χ1v) is 7.67. The van der Waals surface area contributed by atoms with Gasteiger partial charge in [-0.05, 0) is 69.1 Å². The number of rotatable bonds is 4. The molecule has 1 amide bonds. The quantitative estimate of drug-likeness (QED) is 0.853. The van der Waals surface area contributed by atoms with Crippen LogP contribution in [0, 0.1) is 24.7 Å². The number of amides is 1. The molecule has 108 valence electrons. The summed E-state index contributed by atoms with van der Waals surface area (Å²) in [6, 6.07) is 4.05. The molecular weight excluding hydrogens is 250 g/mol. The predicted octanol–water partition coefficient (Wildman–Crippen LogP) is 3.54. The molecule has 4 atom stereocenters. The van der Waals surface area contributed by atoms with Gasteiger partial charge in [-0.25, -0.2) is 0 Å². The Bertz CT molecular complexity index is 517. The van der Waals surface area contributed by atoms with E-state index in [2.05, 4.69) is 12.2 Å². The number of carbonyl (C=O) groups is 1. The second kappa shape index (κ2) is 5.47. The van der Waals surface area contributed by atoms with Crippen molar-refractivity contribution in [2.45, 2.75) is 45.6 Å². The van der Waals surface area contributed by atoms with Gasteiger partial charge in [0.25, 0.3) is 0 Å².